The van der Waals surface area contributed by atoms with E-state index in [0.29, 0.717) is 6.54 Å². The lowest BCUT2D eigenvalue weighted by Gasteiger charge is -2.11. The zero-order valence-corrected chi connectivity index (χ0v) is 14.7. The topological polar surface area (TPSA) is 67.1 Å². The van der Waals surface area contributed by atoms with E-state index in [0.717, 1.165) is 24.7 Å². The second-order valence-electron chi connectivity index (χ2n) is 5.69. The lowest BCUT2D eigenvalue weighted by atomic mass is 10.2. The minimum Gasteiger partial charge on any atom is -0.357 e. The van der Waals surface area contributed by atoms with Crippen LogP contribution in [0.25, 0.3) is 5.69 Å². The molecule has 24 heavy (non-hydrogen) atoms. The SMILES string of the molecule is CCCCCCNC(=NCc1ccc(-n2cncn2)cc1)NCC. The maximum Gasteiger partial charge on any atom is 0.191 e. The van der Waals surface area contributed by atoms with Gasteiger partial charge in [-0.25, -0.2) is 14.7 Å². The Hall–Kier alpha value is -2.37. The molecule has 1 heterocycles. The highest BCUT2D eigenvalue weighted by molar-refractivity contribution is 5.79. The molecule has 1 aromatic carbocycles. The number of guanidine groups is 1. The van der Waals surface area contributed by atoms with Gasteiger partial charge in [0.25, 0.3) is 0 Å². The molecule has 6 heteroatoms. The summed E-state index contributed by atoms with van der Waals surface area (Å²) < 4.78 is 1.75. The summed E-state index contributed by atoms with van der Waals surface area (Å²) >= 11 is 0. The van der Waals surface area contributed by atoms with E-state index >= 15 is 0 Å². The average molecular weight is 328 g/mol. The Labute approximate surface area is 144 Å². The van der Waals surface area contributed by atoms with E-state index in [1.165, 1.54) is 37.6 Å². The van der Waals surface area contributed by atoms with Crippen LogP contribution in [0.1, 0.15) is 45.1 Å². The van der Waals surface area contributed by atoms with Gasteiger partial charge in [-0.1, -0.05) is 38.3 Å². The summed E-state index contributed by atoms with van der Waals surface area (Å²) in [7, 11) is 0. The van der Waals surface area contributed by atoms with Crippen LogP contribution in [-0.4, -0.2) is 33.8 Å². The summed E-state index contributed by atoms with van der Waals surface area (Å²) in [6, 6.07) is 8.21. The Bertz CT molecular complexity index is 588. The first-order chi connectivity index (χ1) is 11.8. The third-order valence-corrected chi connectivity index (χ3v) is 3.71. The molecule has 2 N–H and O–H groups in total. The van der Waals surface area contributed by atoms with E-state index < -0.39 is 0 Å². The third-order valence-electron chi connectivity index (χ3n) is 3.71. The van der Waals surface area contributed by atoms with Gasteiger partial charge in [-0.2, -0.15) is 5.10 Å². The number of aromatic nitrogens is 3. The van der Waals surface area contributed by atoms with Crippen LogP contribution in [0.5, 0.6) is 0 Å². The smallest absolute Gasteiger partial charge is 0.191 e. The Morgan fingerprint density at radius 1 is 1.08 bits per heavy atom. The van der Waals surface area contributed by atoms with Crippen molar-refractivity contribution in [2.24, 2.45) is 4.99 Å². The van der Waals surface area contributed by atoms with Gasteiger partial charge in [-0.3, -0.25) is 0 Å². The quantitative estimate of drug-likeness (QED) is 0.422. The van der Waals surface area contributed by atoms with Crippen LogP contribution < -0.4 is 10.6 Å². The van der Waals surface area contributed by atoms with E-state index in [4.69, 9.17) is 0 Å². The van der Waals surface area contributed by atoms with Crippen LogP contribution >= 0.6 is 0 Å². The Morgan fingerprint density at radius 3 is 2.58 bits per heavy atom. The molecule has 2 rings (SSSR count). The molecule has 0 radical (unpaired) electrons. The predicted molar refractivity (Wildman–Crippen MR) is 98.3 cm³/mol. The van der Waals surface area contributed by atoms with E-state index in [-0.39, 0.29) is 0 Å². The van der Waals surface area contributed by atoms with Gasteiger partial charge in [-0.05, 0) is 31.0 Å². The number of nitrogens with zero attached hydrogens (tertiary/aromatic N) is 4. The van der Waals surface area contributed by atoms with Gasteiger partial charge in [0.05, 0.1) is 12.2 Å². The van der Waals surface area contributed by atoms with Crippen molar-refractivity contribution in [2.45, 2.75) is 46.1 Å². The summed E-state index contributed by atoms with van der Waals surface area (Å²) in [6.45, 7) is 6.80. The molecular weight excluding hydrogens is 300 g/mol. The van der Waals surface area contributed by atoms with Gasteiger partial charge in [0.15, 0.2) is 5.96 Å². The number of rotatable bonds is 9. The average Bonchev–Trinajstić information content (AvgIpc) is 3.14. The maximum absolute atomic E-state index is 4.65. The molecule has 6 nitrogen and oxygen atoms in total. The van der Waals surface area contributed by atoms with Crippen molar-refractivity contribution in [1.82, 2.24) is 25.4 Å². The van der Waals surface area contributed by atoms with E-state index in [9.17, 15) is 0 Å². The molecular formula is C18H28N6. The Morgan fingerprint density at radius 2 is 1.92 bits per heavy atom. The standard InChI is InChI=1S/C18H28N6/c1-3-5-6-7-12-21-18(20-4-2)22-13-16-8-10-17(11-9-16)24-15-19-14-23-24/h8-11,14-15H,3-7,12-13H2,1-2H3,(H2,20,21,22). The first kappa shape index (κ1) is 18.0. The van der Waals surface area contributed by atoms with Crippen molar-refractivity contribution in [3.05, 3.63) is 42.5 Å². The van der Waals surface area contributed by atoms with Crippen LogP contribution in [0.3, 0.4) is 0 Å². The zero-order chi connectivity index (χ0) is 17.0. The second kappa shape index (κ2) is 10.4. The van der Waals surface area contributed by atoms with Gasteiger partial charge in [0.1, 0.15) is 12.7 Å². The fraction of sp³-hybridized carbons (Fsp3) is 0.500. The molecule has 0 saturated carbocycles. The lowest BCUT2D eigenvalue weighted by molar-refractivity contribution is 0.647. The van der Waals surface area contributed by atoms with Crippen molar-refractivity contribution >= 4 is 5.96 Å². The van der Waals surface area contributed by atoms with Crippen LogP contribution in [-0.2, 0) is 6.54 Å². The van der Waals surface area contributed by atoms with Crippen LogP contribution in [0.2, 0.25) is 0 Å². The summed E-state index contributed by atoms with van der Waals surface area (Å²) in [5, 5.41) is 10.8. The molecule has 0 unspecified atom stereocenters. The van der Waals surface area contributed by atoms with Crippen LogP contribution in [0.4, 0.5) is 0 Å². The van der Waals surface area contributed by atoms with Gasteiger partial charge in [0.2, 0.25) is 0 Å². The molecule has 0 saturated heterocycles. The van der Waals surface area contributed by atoms with E-state index in [2.05, 4.69) is 51.7 Å². The van der Waals surface area contributed by atoms with Gasteiger partial charge >= 0.3 is 0 Å². The highest BCUT2D eigenvalue weighted by Gasteiger charge is 1.99. The second-order valence-corrected chi connectivity index (χ2v) is 5.69. The number of hydrogen-bond acceptors (Lipinski definition) is 3. The first-order valence-electron chi connectivity index (χ1n) is 8.79. The number of benzene rings is 1. The third kappa shape index (κ3) is 6.02. The van der Waals surface area contributed by atoms with Crippen molar-refractivity contribution in [2.75, 3.05) is 13.1 Å². The van der Waals surface area contributed by atoms with Crippen molar-refractivity contribution < 1.29 is 0 Å². The lowest BCUT2D eigenvalue weighted by Crippen LogP contribution is -2.37. The fourth-order valence-corrected chi connectivity index (χ4v) is 2.37. The molecule has 0 fully saturated rings. The van der Waals surface area contributed by atoms with Gasteiger partial charge < -0.3 is 10.6 Å². The minimum absolute atomic E-state index is 0.655. The van der Waals surface area contributed by atoms with E-state index in [1.54, 1.807) is 11.0 Å². The van der Waals surface area contributed by atoms with Gasteiger partial charge in [0, 0.05) is 13.1 Å². The first-order valence-corrected chi connectivity index (χ1v) is 8.79. The largest absolute Gasteiger partial charge is 0.357 e. The van der Waals surface area contributed by atoms with Crippen molar-refractivity contribution in [1.29, 1.82) is 0 Å². The van der Waals surface area contributed by atoms with Gasteiger partial charge in [-0.15, -0.1) is 0 Å². The zero-order valence-electron chi connectivity index (χ0n) is 14.7. The number of aliphatic imine (C=N–C) groups is 1. The molecule has 0 aliphatic heterocycles. The normalized spacial score (nSPS) is 11.5. The number of nitrogens with one attached hydrogen (secondary N) is 2. The summed E-state index contributed by atoms with van der Waals surface area (Å²) in [5.74, 6) is 0.884. The maximum atomic E-state index is 4.65. The molecule has 130 valence electrons. The molecule has 0 spiro atoms. The molecule has 0 amide bonds. The summed E-state index contributed by atoms with van der Waals surface area (Å²) in [4.78, 5) is 8.62. The Kier molecular flexibility index (Phi) is 7.80. The minimum atomic E-state index is 0.655. The monoisotopic (exact) mass is 328 g/mol. The molecule has 0 bridgehead atoms. The van der Waals surface area contributed by atoms with Crippen LogP contribution in [0.15, 0.2) is 41.9 Å². The predicted octanol–water partition coefficient (Wildman–Crippen LogP) is 2.90. The molecule has 0 atom stereocenters. The molecule has 1 aromatic heterocycles. The molecule has 2 aromatic rings. The molecule has 0 aliphatic rings. The molecule has 0 aliphatic carbocycles. The Balaban J connectivity index is 1.85. The van der Waals surface area contributed by atoms with Crippen molar-refractivity contribution in [3.63, 3.8) is 0 Å². The highest BCUT2D eigenvalue weighted by Crippen LogP contribution is 2.08. The van der Waals surface area contributed by atoms with Crippen LogP contribution in [0, 0.1) is 0 Å². The van der Waals surface area contributed by atoms with Crippen molar-refractivity contribution in [3.8, 4) is 5.69 Å². The number of unbranched alkanes of at least 4 members (excludes halogenated alkanes) is 3. The fourth-order valence-electron chi connectivity index (χ4n) is 2.37. The summed E-state index contributed by atoms with van der Waals surface area (Å²) in [5.41, 5.74) is 2.17. The highest BCUT2D eigenvalue weighted by atomic mass is 15.3. The summed E-state index contributed by atoms with van der Waals surface area (Å²) in [6.07, 6.45) is 8.25. The number of hydrogen-bond donors (Lipinski definition) is 2. The van der Waals surface area contributed by atoms with E-state index in [1.807, 2.05) is 12.1 Å².